The van der Waals surface area contributed by atoms with Crippen molar-refractivity contribution in [3.05, 3.63) is 29.6 Å². The Bertz CT molecular complexity index is 424. The molecule has 19 heavy (non-hydrogen) atoms. The molecule has 5 heteroatoms. The monoisotopic (exact) mass is 285 g/mol. The van der Waals surface area contributed by atoms with Gasteiger partial charge in [0.25, 0.3) is 5.91 Å². The third-order valence-corrected chi connectivity index (χ3v) is 2.78. The summed E-state index contributed by atoms with van der Waals surface area (Å²) in [5.41, 5.74) is 0.0333. The molecule has 0 heterocycles. The van der Waals surface area contributed by atoms with Crippen LogP contribution in [0.3, 0.4) is 0 Å². The van der Waals surface area contributed by atoms with E-state index >= 15 is 0 Å². The van der Waals surface area contributed by atoms with Crippen LogP contribution in [0.15, 0.2) is 23.1 Å². The Balaban J connectivity index is 2.29. The minimum absolute atomic E-state index is 0.0333. The van der Waals surface area contributed by atoms with E-state index in [9.17, 15) is 9.18 Å². The van der Waals surface area contributed by atoms with Crippen LogP contribution in [0.2, 0.25) is 0 Å². The molecule has 3 nitrogen and oxygen atoms in total. The lowest BCUT2D eigenvalue weighted by Crippen LogP contribution is -2.25. The Kier molecular flexibility index (Phi) is 6.87. The van der Waals surface area contributed by atoms with Gasteiger partial charge in [-0.05, 0) is 44.9 Å². The number of unbranched alkanes of at least 4 members (excludes halogenated alkanes) is 1. The first-order chi connectivity index (χ1) is 9.00. The second-order valence-corrected chi connectivity index (χ2v) is 5.06. The SMILES string of the molecule is CC(C)OCCCCNC(=O)c1cc(S)ccc1F. The fourth-order valence-corrected chi connectivity index (χ4v) is 1.73. The van der Waals surface area contributed by atoms with E-state index in [0.29, 0.717) is 18.0 Å². The molecule has 0 saturated heterocycles. The molecule has 0 aromatic heterocycles. The van der Waals surface area contributed by atoms with E-state index in [-0.39, 0.29) is 11.7 Å². The van der Waals surface area contributed by atoms with E-state index in [1.165, 1.54) is 18.2 Å². The van der Waals surface area contributed by atoms with Crippen LogP contribution in [0.1, 0.15) is 37.0 Å². The van der Waals surface area contributed by atoms with E-state index in [0.717, 1.165) is 12.8 Å². The maximum atomic E-state index is 13.4. The number of rotatable bonds is 7. The molecule has 1 rings (SSSR count). The van der Waals surface area contributed by atoms with E-state index in [2.05, 4.69) is 17.9 Å². The second kappa shape index (κ2) is 8.17. The topological polar surface area (TPSA) is 38.3 Å². The van der Waals surface area contributed by atoms with Gasteiger partial charge in [0.1, 0.15) is 5.82 Å². The van der Waals surface area contributed by atoms with E-state index < -0.39 is 11.7 Å². The van der Waals surface area contributed by atoms with Crippen LogP contribution >= 0.6 is 12.6 Å². The van der Waals surface area contributed by atoms with Crippen molar-refractivity contribution in [1.82, 2.24) is 5.32 Å². The predicted molar refractivity (Wildman–Crippen MR) is 76.3 cm³/mol. The zero-order valence-electron chi connectivity index (χ0n) is 11.3. The molecule has 0 fully saturated rings. The molecule has 0 aliphatic carbocycles. The number of nitrogens with one attached hydrogen (secondary N) is 1. The van der Waals surface area contributed by atoms with Crippen LogP contribution in [-0.4, -0.2) is 25.2 Å². The van der Waals surface area contributed by atoms with Crippen molar-refractivity contribution in [2.75, 3.05) is 13.2 Å². The lowest BCUT2D eigenvalue weighted by atomic mass is 10.2. The third-order valence-electron chi connectivity index (χ3n) is 2.50. The van der Waals surface area contributed by atoms with Crippen LogP contribution < -0.4 is 5.32 Å². The van der Waals surface area contributed by atoms with Gasteiger partial charge in [-0.3, -0.25) is 4.79 Å². The van der Waals surface area contributed by atoms with E-state index in [4.69, 9.17) is 4.74 Å². The number of amides is 1. The average molecular weight is 285 g/mol. The predicted octanol–water partition coefficient (Wildman–Crippen LogP) is 3.05. The van der Waals surface area contributed by atoms with Crippen LogP contribution in [0, 0.1) is 5.82 Å². The van der Waals surface area contributed by atoms with E-state index in [1.807, 2.05) is 13.8 Å². The van der Waals surface area contributed by atoms with Crippen LogP contribution in [0.25, 0.3) is 0 Å². The molecule has 1 N–H and O–H groups in total. The average Bonchev–Trinajstić information content (AvgIpc) is 2.36. The molecule has 0 aliphatic heterocycles. The van der Waals surface area contributed by atoms with Crippen molar-refractivity contribution >= 4 is 18.5 Å². The lowest BCUT2D eigenvalue weighted by molar-refractivity contribution is 0.0754. The van der Waals surface area contributed by atoms with Gasteiger partial charge in [0.05, 0.1) is 11.7 Å². The molecule has 0 spiro atoms. The number of hydrogen-bond acceptors (Lipinski definition) is 3. The van der Waals surface area contributed by atoms with Crippen molar-refractivity contribution in [3.8, 4) is 0 Å². The highest BCUT2D eigenvalue weighted by atomic mass is 32.1. The highest BCUT2D eigenvalue weighted by Crippen LogP contribution is 2.13. The number of thiol groups is 1. The summed E-state index contributed by atoms with van der Waals surface area (Å²) in [7, 11) is 0. The third kappa shape index (κ3) is 6.07. The summed E-state index contributed by atoms with van der Waals surface area (Å²) in [5, 5.41) is 2.69. The maximum Gasteiger partial charge on any atom is 0.254 e. The minimum atomic E-state index is -0.529. The normalized spacial score (nSPS) is 10.8. The Labute approximate surface area is 118 Å². The number of benzene rings is 1. The van der Waals surface area contributed by atoms with Crippen LogP contribution in [0.4, 0.5) is 4.39 Å². The Morgan fingerprint density at radius 3 is 2.84 bits per heavy atom. The molecule has 0 unspecified atom stereocenters. The van der Waals surface area contributed by atoms with Gasteiger partial charge >= 0.3 is 0 Å². The Hall–Kier alpha value is -1.07. The highest BCUT2D eigenvalue weighted by Gasteiger charge is 2.11. The number of hydrogen-bond donors (Lipinski definition) is 2. The summed E-state index contributed by atoms with van der Waals surface area (Å²) < 4.78 is 18.8. The van der Waals surface area contributed by atoms with E-state index in [1.54, 1.807) is 0 Å². The number of carbonyl (C=O) groups excluding carboxylic acids is 1. The minimum Gasteiger partial charge on any atom is -0.379 e. The summed E-state index contributed by atoms with van der Waals surface area (Å²) in [6.45, 7) is 5.15. The molecule has 106 valence electrons. The standard InChI is InChI=1S/C14H20FNO2S/c1-10(2)18-8-4-3-7-16-14(17)12-9-11(19)5-6-13(12)15/h5-6,9-10,19H,3-4,7-8H2,1-2H3,(H,16,17). The van der Waals surface area contributed by atoms with Gasteiger partial charge in [-0.1, -0.05) is 0 Å². The van der Waals surface area contributed by atoms with Gasteiger partial charge in [-0.2, -0.15) is 0 Å². The highest BCUT2D eigenvalue weighted by molar-refractivity contribution is 7.80. The first kappa shape index (κ1) is 16.0. The molecule has 0 bridgehead atoms. The first-order valence-electron chi connectivity index (χ1n) is 6.39. The molecule has 0 saturated carbocycles. The number of halogens is 1. The quantitative estimate of drug-likeness (QED) is 0.597. The molecule has 1 aromatic carbocycles. The number of ether oxygens (including phenoxy) is 1. The van der Waals surface area contributed by atoms with Gasteiger partial charge in [-0.15, -0.1) is 12.6 Å². The van der Waals surface area contributed by atoms with Crippen molar-refractivity contribution in [1.29, 1.82) is 0 Å². The summed E-state index contributed by atoms with van der Waals surface area (Å²) in [6, 6.07) is 4.18. The first-order valence-corrected chi connectivity index (χ1v) is 6.83. The van der Waals surface area contributed by atoms with Crippen molar-refractivity contribution in [3.63, 3.8) is 0 Å². The Morgan fingerprint density at radius 1 is 1.42 bits per heavy atom. The van der Waals surface area contributed by atoms with Crippen molar-refractivity contribution in [2.45, 2.75) is 37.7 Å². The molecule has 1 aromatic rings. The van der Waals surface area contributed by atoms with Gasteiger partial charge in [-0.25, -0.2) is 4.39 Å². The summed E-state index contributed by atoms with van der Waals surface area (Å²) in [6.07, 6.45) is 1.90. The largest absolute Gasteiger partial charge is 0.379 e. The summed E-state index contributed by atoms with van der Waals surface area (Å²) in [4.78, 5) is 12.3. The molecule has 1 amide bonds. The number of carbonyl (C=O) groups is 1. The van der Waals surface area contributed by atoms with Crippen LogP contribution in [0.5, 0.6) is 0 Å². The zero-order valence-corrected chi connectivity index (χ0v) is 12.2. The fourth-order valence-electron chi connectivity index (χ4n) is 1.53. The molecule has 0 radical (unpaired) electrons. The molecular weight excluding hydrogens is 265 g/mol. The van der Waals surface area contributed by atoms with Gasteiger partial charge in [0.15, 0.2) is 0 Å². The zero-order chi connectivity index (χ0) is 14.3. The summed E-state index contributed by atoms with van der Waals surface area (Å²) >= 11 is 4.09. The van der Waals surface area contributed by atoms with Crippen LogP contribution in [-0.2, 0) is 4.74 Å². The summed E-state index contributed by atoms with van der Waals surface area (Å²) in [5.74, 6) is -0.934. The molecular formula is C14H20FNO2S. The molecule has 0 aliphatic rings. The lowest BCUT2D eigenvalue weighted by Gasteiger charge is -2.08. The maximum absolute atomic E-state index is 13.4. The van der Waals surface area contributed by atoms with Gasteiger partial charge in [0.2, 0.25) is 0 Å². The van der Waals surface area contributed by atoms with Crippen molar-refractivity contribution < 1.29 is 13.9 Å². The molecule has 0 atom stereocenters. The van der Waals surface area contributed by atoms with Gasteiger partial charge in [0, 0.05) is 18.0 Å². The fraction of sp³-hybridized carbons (Fsp3) is 0.500. The van der Waals surface area contributed by atoms with Gasteiger partial charge < -0.3 is 10.1 Å². The Morgan fingerprint density at radius 2 is 2.16 bits per heavy atom. The second-order valence-electron chi connectivity index (χ2n) is 4.55. The van der Waals surface area contributed by atoms with Crippen molar-refractivity contribution in [2.24, 2.45) is 0 Å². The smallest absolute Gasteiger partial charge is 0.254 e.